The molecule has 1 aliphatic heterocycles. The fraction of sp³-hybridized carbons (Fsp3) is 0.304. The summed E-state index contributed by atoms with van der Waals surface area (Å²) in [6, 6.07) is 15.8. The number of benzene rings is 1. The van der Waals surface area contributed by atoms with Crippen LogP contribution in [0.5, 0.6) is 5.75 Å². The number of ether oxygens (including phenoxy) is 2. The standard InChI is InChI=1S/C23H24N2O3S/c1-17-5-6-22(29-17)23(26)25(14-18-7-10-24-11-8-18)15-19-3-2-4-20(13-19)28-21-9-12-27-16-21/h2-8,10-11,13,21H,9,12,14-16H2,1H3/t21-/m1/s1. The van der Waals surface area contributed by atoms with Gasteiger partial charge in [-0.15, -0.1) is 11.3 Å². The molecule has 1 aliphatic rings. The van der Waals surface area contributed by atoms with Crippen molar-refractivity contribution in [2.24, 2.45) is 0 Å². The van der Waals surface area contributed by atoms with Gasteiger partial charge >= 0.3 is 0 Å². The Morgan fingerprint density at radius 3 is 2.72 bits per heavy atom. The van der Waals surface area contributed by atoms with Crippen LogP contribution >= 0.6 is 11.3 Å². The first-order valence-corrected chi connectivity index (χ1v) is 10.6. The Kier molecular flexibility index (Phi) is 6.22. The molecule has 150 valence electrons. The van der Waals surface area contributed by atoms with Gasteiger partial charge in [-0.25, -0.2) is 0 Å². The van der Waals surface area contributed by atoms with Crippen LogP contribution in [0.3, 0.4) is 0 Å². The predicted molar refractivity (Wildman–Crippen MR) is 113 cm³/mol. The van der Waals surface area contributed by atoms with Crippen molar-refractivity contribution >= 4 is 17.2 Å². The molecule has 0 spiro atoms. The molecule has 0 N–H and O–H groups in total. The van der Waals surface area contributed by atoms with Crippen LogP contribution in [0.2, 0.25) is 0 Å². The summed E-state index contributed by atoms with van der Waals surface area (Å²) < 4.78 is 11.4. The summed E-state index contributed by atoms with van der Waals surface area (Å²) in [5.74, 6) is 0.858. The van der Waals surface area contributed by atoms with E-state index in [1.165, 1.54) is 11.3 Å². The van der Waals surface area contributed by atoms with Gasteiger partial charge in [0.05, 0.1) is 18.1 Å². The smallest absolute Gasteiger partial charge is 0.264 e. The van der Waals surface area contributed by atoms with Crippen molar-refractivity contribution in [2.75, 3.05) is 13.2 Å². The van der Waals surface area contributed by atoms with Crippen LogP contribution in [0, 0.1) is 6.92 Å². The van der Waals surface area contributed by atoms with E-state index >= 15 is 0 Å². The third-order valence-corrected chi connectivity index (χ3v) is 5.81. The normalized spacial score (nSPS) is 16.0. The van der Waals surface area contributed by atoms with Gasteiger partial charge in [-0.1, -0.05) is 12.1 Å². The molecular formula is C23H24N2O3S. The lowest BCUT2D eigenvalue weighted by Gasteiger charge is -2.23. The van der Waals surface area contributed by atoms with E-state index in [1.807, 2.05) is 60.4 Å². The Labute approximate surface area is 174 Å². The van der Waals surface area contributed by atoms with Crippen molar-refractivity contribution in [1.29, 1.82) is 0 Å². The fourth-order valence-electron chi connectivity index (χ4n) is 3.35. The molecule has 1 fully saturated rings. The number of rotatable bonds is 7. The number of carbonyl (C=O) groups is 1. The van der Waals surface area contributed by atoms with Gasteiger partial charge in [0.25, 0.3) is 5.91 Å². The molecule has 0 saturated carbocycles. The van der Waals surface area contributed by atoms with Crippen LogP contribution in [-0.4, -0.2) is 35.1 Å². The van der Waals surface area contributed by atoms with E-state index in [2.05, 4.69) is 4.98 Å². The molecule has 4 rings (SSSR count). The van der Waals surface area contributed by atoms with Crippen LogP contribution < -0.4 is 4.74 Å². The number of amides is 1. The van der Waals surface area contributed by atoms with E-state index in [0.717, 1.165) is 39.7 Å². The second kappa shape index (κ2) is 9.20. The van der Waals surface area contributed by atoms with Crippen LogP contribution in [0.4, 0.5) is 0 Å². The summed E-state index contributed by atoms with van der Waals surface area (Å²) >= 11 is 1.53. The second-order valence-corrected chi connectivity index (χ2v) is 8.47. The van der Waals surface area contributed by atoms with Crippen molar-refractivity contribution in [3.05, 3.63) is 81.8 Å². The first kappa shape index (κ1) is 19.6. The molecule has 0 bridgehead atoms. The Balaban J connectivity index is 1.53. The molecular weight excluding hydrogens is 384 g/mol. The number of carbonyl (C=O) groups excluding carboxylic acids is 1. The SMILES string of the molecule is Cc1ccc(C(=O)N(Cc2ccncc2)Cc2cccc(O[C@@H]3CCOC3)c2)s1. The molecule has 1 atom stereocenters. The number of thiophene rings is 1. The maximum atomic E-state index is 13.2. The minimum atomic E-state index is 0.0374. The highest BCUT2D eigenvalue weighted by atomic mass is 32.1. The lowest BCUT2D eigenvalue weighted by atomic mass is 10.1. The number of pyridine rings is 1. The largest absolute Gasteiger partial charge is 0.488 e. The Morgan fingerprint density at radius 2 is 2.00 bits per heavy atom. The molecule has 2 aromatic heterocycles. The van der Waals surface area contributed by atoms with Crippen molar-refractivity contribution in [3.63, 3.8) is 0 Å². The zero-order valence-corrected chi connectivity index (χ0v) is 17.2. The second-order valence-electron chi connectivity index (χ2n) is 7.18. The third-order valence-electron chi connectivity index (χ3n) is 4.82. The summed E-state index contributed by atoms with van der Waals surface area (Å²) in [4.78, 5) is 21.0. The summed E-state index contributed by atoms with van der Waals surface area (Å²) in [5, 5.41) is 0. The molecule has 0 radical (unpaired) electrons. The van der Waals surface area contributed by atoms with Crippen molar-refractivity contribution in [1.82, 2.24) is 9.88 Å². The van der Waals surface area contributed by atoms with Gasteiger partial charge in [-0.2, -0.15) is 0 Å². The molecule has 1 saturated heterocycles. The van der Waals surface area contributed by atoms with Crippen molar-refractivity contribution in [2.45, 2.75) is 32.5 Å². The zero-order chi connectivity index (χ0) is 20.1. The molecule has 0 aliphatic carbocycles. The Morgan fingerprint density at radius 1 is 1.17 bits per heavy atom. The Bertz CT molecular complexity index is 952. The van der Waals surface area contributed by atoms with E-state index in [0.29, 0.717) is 19.7 Å². The lowest BCUT2D eigenvalue weighted by Crippen LogP contribution is -2.29. The van der Waals surface area contributed by atoms with Gasteiger partial charge in [-0.05, 0) is 54.4 Å². The number of hydrogen-bond acceptors (Lipinski definition) is 5. The first-order valence-electron chi connectivity index (χ1n) is 9.75. The summed E-state index contributed by atoms with van der Waals surface area (Å²) in [6.45, 7) is 4.44. The average molecular weight is 409 g/mol. The van der Waals surface area contributed by atoms with Gasteiger partial charge in [0.1, 0.15) is 11.9 Å². The van der Waals surface area contributed by atoms with Crippen LogP contribution in [0.15, 0.2) is 60.9 Å². The monoisotopic (exact) mass is 408 g/mol. The van der Waals surface area contributed by atoms with Gasteiger partial charge in [0.15, 0.2) is 0 Å². The minimum absolute atomic E-state index is 0.0374. The topological polar surface area (TPSA) is 51.7 Å². The zero-order valence-electron chi connectivity index (χ0n) is 16.4. The predicted octanol–water partition coefficient (Wildman–Crippen LogP) is 4.46. The highest BCUT2D eigenvalue weighted by molar-refractivity contribution is 7.13. The minimum Gasteiger partial charge on any atom is -0.488 e. The molecule has 0 unspecified atom stereocenters. The molecule has 3 aromatic rings. The van der Waals surface area contributed by atoms with Gasteiger partial charge < -0.3 is 14.4 Å². The summed E-state index contributed by atoms with van der Waals surface area (Å²) in [6.07, 6.45) is 4.53. The van der Waals surface area contributed by atoms with Crippen LogP contribution in [0.1, 0.15) is 32.1 Å². The van der Waals surface area contributed by atoms with Crippen molar-refractivity contribution < 1.29 is 14.3 Å². The van der Waals surface area contributed by atoms with Gasteiger partial charge in [-0.3, -0.25) is 9.78 Å². The van der Waals surface area contributed by atoms with Crippen LogP contribution in [0.25, 0.3) is 0 Å². The van der Waals surface area contributed by atoms with Crippen LogP contribution in [-0.2, 0) is 17.8 Å². The maximum absolute atomic E-state index is 13.2. The number of aryl methyl sites for hydroxylation is 1. The molecule has 29 heavy (non-hydrogen) atoms. The quantitative estimate of drug-likeness (QED) is 0.579. The van der Waals surface area contributed by atoms with Gasteiger partial charge in [0.2, 0.25) is 0 Å². The average Bonchev–Trinajstić information content (AvgIpc) is 3.40. The van der Waals surface area contributed by atoms with Crippen molar-refractivity contribution in [3.8, 4) is 5.75 Å². The molecule has 6 heteroatoms. The van der Waals surface area contributed by atoms with Gasteiger partial charge in [0, 0.05) is 36.8 Å². The number of aromatic nitrogens is 1. The van der Waals surface area contributed by atoms with E-state index in [-0.39, 0.29) is 12.0 Å². The first-order chi connectivity index (χ1) is 14.2. The number of hydrogen-bond donors (Lipinski definition) is 0. The third kappa shape index (κ3) is 5.22. The van der Waals surface area contributed by atoms with E-state index < -0.39 is 0 Å². The molecule has 1 amide bonds. The highest BCUT2D eigenvalue weighted by Crippen LogP contribution is 2.23. The van der Waals surface area contributed by atoms with E-state index in [9.17, 15) is 4.79 Å². The summed E-state index contributed by atoms with van der Waals surface area (Å²) in [5.41, 5.74) is 2.09. The highest BCUT2D eigenvalue weighted by Gasteiger charge is 2.20. The van der Waals surface area contributed by atoms with E-state index in [4.69, 9.17) is 9.47 Å². The van der Waals surface area contributed by atoms with E-state index in [1.54, 1.807) is 12.4 Å². The Hall–Kier alpha value is -2.70. The maximum Gasteiger partial charge on any atom is 0.264 e. The summed E-state index contributed by atoms with van der Waals surface area (Å²) in [7, 11) is 0. The lowest BCUT2D eigenvalue weighted by molar-refractivity contribution is 0.0734. The molecule has 3 heterocycles. The molecule has 5 nitrogen and oxygen atoms in total. The molecule has 1 aromatic carbocycles. The number of nitrogens with zero attached hydrogens (tertiary/aromatic N) is 2. The fourth-order valence-corrected chi connectivity index (χ4v) is 4.18.